The van der Waals surface area contributed by atoms with Gasteiger partial charge in [0.05, 0.1) is 12.3 Å². The molecular weight excluding hydrogens is 433 g/mol. The summed E-state index contributed by atoms with van der Waals surface area (Å²) in [4.78, 5) is 28.8. The number of hydrogen-bond acceptors (Lipinski definition) is 4. The molecule has 2 N–H and O–H groups in total. The Labute approximate surface area is 192 Å². The minimum Gasteiger partial charge on any atom is -0.450 e. The van der Waals surface area contributed by atoms with Crippen molar-refractivity contribution in [1.82, 2.24) is 10.6 Å². The van der Waals surface area contributed by atoms with Gasteiger partial charge in [0.25, 0.3) is 5.91 Å². The zero-order chi connectivity index (χ0) is 22.9. The number of rotatable bonds is 6. The summed E-state index contributed by atoms with van der Waals surface area (Å²) in [5, 5.41) is 6.01. The Kier molecular flexibility index (Phi) is 8.62. The van der Waals surface area contributed by atoms with Gasteiger partial charge in [-0.05, 0) is 68.9 Å². The number of carbonyl (C=O) groups excluding carboxylic acids is 2. The van der Waals surface area contributed by atoms with Crippen LogP contribution in [0.5, 0.6) is 0 Å². The van der Waals surface area contributed by atoms with Crippen molar-refractivity contribution in [3.8, 4) is 0 Å². The second kappa shape index (κ2) is 11.6. The van der Waals surface area contributed by atoms with Gasteiger partial charge in [0.2, 0.25) is 0 Å². The first-order valence-corrected chi connectivity index (χ1v) is 11.1. The number of amidine groups is 1. The molecule has 3 rings (SSSR count). The van der Waals surface area contributed by atoms with Crippen molar-refractivity contribution < 1.29 is 18.7 Å². The molecule has 2 aromatic rings. The molecule has 2 aromatic carbocycles. The lowest BCUT2D eigenvalue weighted by atomic mass is 9.84. The van der Waals surface area contributed by atoms with E-state index in [9.17, 15) is 14.0 Å². The normalized spacial score (nSPS) is 18.7. The predicted molar refractivity (Wildman–Crippen MR) is 123 cm³/mol. The summed E-state index contributed by atoms with van der Waals surface area (Å²) in [6.45, 7) is 2.11. The molecule has 1 fully saturated rings. The van der Waals surface area contributed by atoms with Crippen LogP contribution >= 0.6 is 11.6 Å². The van der Waals surface area contributed by atoms with Crippen molar-refractivity contribution in [2.45, 2.75) is 45.1 Å². The van der Waals surface area contributed by atoms with E-state index in [0.717, 1.165) is 25.7 Å². The summed E-state index contributed by atoms with van der Waals surface area (Å²) in [5.74, 6) is -0.0310. The van der Waals surface area contributed by atoms with Crippen LogP contribution < -0.4 is 10.6 Å². The van der Waals surface area contributed by atoms with Crippen molar-refractivity contribution in [2.75, 3.05) is 6.61 Å². The number of nitrogens with zero attached hydrogens (tertiary/aromatic N) is 1. The number of halogens is 2. The highest BCUT2D eigenvalue weighted by molar-refractivity contribution is 6.30. The first kappa shape index (κ1) is 23.7. The van der Waals surface area contributed by atoms with E-state index in [1.807, 2.05) is 6.07 Å². The van der Waals surface area contributed by atoms with Gasteiger partial charge in [0.1, 0.15) is 11.7 Å². The Hall–Kier alpha value is -2.93. The predicted octanol–water partition coefficient (Wildman–Crippen LogP) is 5.63. The highest BCUT2D eigenvalue weighted by Gasteiger charge is 2.24. The quantitative estimate of drug-likeness (QED) is 0.433. The third-order valence-electron chi connectivity index (χ3n) is 5.33. The molecule has 1 aliphatic rings. The van der Waals surface area contributed by atoms with E-state index >= 15 is 0 Å². The summed E-state index contributed by atoms with van der Waals surface area (Å²) in [6, 6.07) is 13.0. The van der Waals surface area contributed by atoms with Crippen LogP contribution in [-0.4, -0.2) is 30.5 Å². The van der Waals surface area contributed by atoms with Crippen molar-refractivity contribution in [3.05, 3.63) is 64.9 Å². The number of amides is 2. The van der Waals surface area contributed by atoms with Crippen LogP contribution in [0.3, 0.4) is 0 Å². The smallest absolute Gasteiger partial charge is 0.407 e. The van der Waals surface area contributed by atoms with E-state index in [4.69, 9.17) is 16.3 Å². The molecule has 0 atom stereocenters. The summed E-state index contributed by atoms with van der Waals surface area (Å²) >= 11 is 5.97. The molecule has 0 aliphatic heterocycles. The summed E-state index contributed by atoms with van der Waals surface area (Å²) in [6.07, 6.45) is 3.49. The topological polar surface area (TPSA) is 79.8 Å². The maximum Gasteiger partial charge on any atom is 0.407 e. The molecule has 0 bridgehead atoms. The van der Waals surface area contributed by atoms with Gasteiger partial charge >= 0.3 is 6.09 Å². The zero-order valence-electron chi connectivity index (χ0n) is 17.9. The molecule has 1 aliphatic carbocycles. The van der Waals surface area contributed by atoms with Crippen LogP contribution in [0.2, 0.25) is 5.02 Å². The first-order chi connectivity index (χ1) is 15.4. The van der Waals surface area contributed by atoms with Gasteiger partial charge < -0.3 is 15.4 Å². The van der Waals surface area contributed by atoms with Crippen LogP contribution in [0, 0.1) is 11.7 Å². The maximum absolute atomic E-state index is 13.8. The van der Waals surface area contributed by atoms with Crippen molar-refractivity contribution in [1.29, 1.82) is 0 Å². The molecule has 6 nitrogen and oxygen atoms in total. The highest BCUT2D eigenvalue weighted by atomic mass is 35.5. The van der Waals surface area contributed by atoms with Crippen LogP contribution in [0.4, 0.5) is 14.9 Å². The molecule has 0 unspecified atom stereocenters. The number of carbonyl (C=O) groups is 2. The lowest BCUT2D eigenvalue weighted by molar-refractivity contribution is 0.0975. The van der Waals surface area contributed by atoms with Crippen molar-refractivity contribution >= 4 is 35.1 Å². The van der Waals surface area contributed by atoms with E-state index in [1.54, 1.807) is 37.3 Å². The number of aliphatic imine (C=N–C) groups is 1. The number of hydrogen-bond donors (Lipinski definition) is 2. The zero-order valence-corrected chi connectivity index (χ0v) is 18.7. The van der Waals surface area contributed by atoms with E-state index in [-0.39, 0.29) is 22.9 Å². The fourth-order valence-corrected chi connectivity index (χ4v) is 4.02. The summed E-state index contributed by atoms with van der Waals surface area (Å²) in [7, 11) is 0. The number of benzene rings is 2. The van der Waals surface area contributed by atoms with Crippen LogP contribution in [0.1, 0.15) is 49.4 Å². The Morgan fingerprint density at radius 2 is 1.84 bits per heavy atom. The minimum absolute atomic E-state index is 0.0756. The summed E-state index contributed by atoms with van der Waals surface area (Å²) in [5.41, 5.74) is 0.857. The van der Waals surface area contributed by atoms with Gasteiger partial charge in [-0.25, -0.2) is 14.2 Å². The molecule has 0 aromatic heterocycles. The third-order valence-corrected chi connectivity index (χ3v) is 5.55. The second-order valence-corrected chi connectivity index (χ2v) is 8.23. The Bertz CT molecular complexity index is 940. The lowest BCUT2D eigenvalue weighted by Gasteiger charge is -2.29. The van der Waals surface area contributed by atoms with Crippen LogP contribution in [-0.2, 0) is 4.74 Å². The van der Waals surface area contributed by atoms with Gasteiger partial charge in [-0.1, -0.05) is 29.8 Å². The molecule has 0 radical (unpaired) electrons. The standard InChI is InChI=1S/C24H27ClFN3O3/c1-2-32-24(31)28-20-10-8-16(9-11-20)12-22(27-21-14-18(25)13-19(26)15-21)29-23(30)17-6-4-3-5-7-17/h3-7,13-16,20H,2,8-12H2,1H3,(H,28,31)(H,27,29,30). The maximum atomic E-state index is 13.8. The largest absolute Gasteiger partial charge is 0.450 e. The van der Waals surface area contributed by atoms with Gasteiger partial charge in [-0.2, -0.15) is 0 Å². The van der Waals surface area contributed by atoms with Crippen LogP contribution in [0.25, 0.3) is 0 Å². The fourth-order valence-electron chi connectivity index (χ4n) is 3.80. The average Bonchev–Trinajstić information content (AvgIpc) is 2.75. The molecule has 1 saturated carbocycles. The van der Waals surface area contributed by atoms with Gasteiger partial charge in [0.15, 0.2) is 0 Å². The van der Waals surface area contributed by atoms with E-state index in [0.29, 0.717) is 30.1 Å². The first-order valence-electron chi connectivity index (χ1n) is 10.8. The van der Waals surface area contributed by atoms with Crippen molar-refractivity contribution in [2.24, 2.45) is 10.9 Å². The molecule has 32 heavy (non-hydrogen) atoms. The Balaban J connectivity index is 1.69. The number of ether oxygens (including phenoxy) is 1. The fraction of sp³-hybridized carbons (Fsp3) is 0.375. The van der Waals surface area contributed by atoms with E-state index in [1.165, 1.54) is 12.1 Å². The summed E-state index contributed by atoms with van der Waals surface area (Å²) < 4.78 is 18.7. The monoisotopic (exact) mass is 459 g/mol. The second-order valence-electron chi connectivity index (χ2n) is 7.79. The Morgan fingerprint density at radius 1 is 1.12 bits per heavy atom. The molecule has 170 valence electrons. The van der Waals surface area contributed by atoms with Crippen LogP contribution in [0.15, 0.2) is 53.5 Å². The molecule has 8 heteroatoms. The van der Waals surface area contributed by atoms with Crippen molar-refractivity contribution in [3.63, 3.8) is 0 Å². The molecular formula is C24H27ClFN3O3. The van der Waals surface area contributed by atoms with E-state index < -0.39 is 11.9 Å². The molecule has 2 amide bonds. The molecule has 0 saturated heterocycles. The van der Waals surface area contributed by atoms with E-state index in [2.05, 4.69) is 15.6 Å². The number of nitrogens with one attached hydrogen (secondary N) is 2. The average molecular weight is 460 g/mol. The van der Waals surface area contributed by atoms with Gasteiger partial charge in [-0.3, -0.25) is 4.79 Å². The number of alkyl carbamates (subject to hydrolysis) is 1. The Morgan fingerprint density at radius 3 is 2.50 bits per heavy atom. The molecule has 0 spiro atoms. The lowest BCUT2D eigenvalue weighted by Crippen LogP contribution is -2.39. The molecule has 0 heterocycles. The minimum atomic E-state index is -0.490. The van der Waals surface area contributed by atoms with Gasteiger partial charge in [-0.15, -0.1) is 0 Å². The van der Waals surface area contributed by atoms with Gasteiger partial charge in [0, 0.05) is 23.0 Å². The SMILES string of the molecule is CCOC(=O)NC1CCC(CC(=Nc2cc(F)cc(Cl)c2)NC(=O)c2ccccc2)CC1. The highest BCUT2D eigenvalue weighted by Crippen LogP contribution is 2.28. The third kappa shape index (κ3) is 7.34.